The molecule has 2 aromatic carbocycles. The van der Waals surface area contributed by atoms with Crippen LogP contribution in [0.3, 0.4) is 0 Å². The molecular formula is C21H14BrN3O3S2. The molecule has 1 aliphatic rings. The van der Waals surface area contributed by atoms with Gasteiger partial charge in [-0.1, -0.05) is 40.2 Å². The summed E-state index contributed by atoms with van der Waals surface area (Å²) < 4.78 is 0.898. The molecule has 150 valence electrons. The number of carbonyl (C=O) groups is 3. The summed E-state index contributed by atoms with van der Waals surface area (Å²) in [4.78, 5) is 42.9. The summed E-state index contributed by atoms with van der Waals surface area (Å²) >= 11 is 5.66. The third kappa shape index (κ3) is 4.69. The molecule has 1 fully saturated rings. The van der Waals surface area contributed by atoms with Crippen LogP contribution >= 0.6 is 39.0 Å². The van der Waals surface area contributed by atoms with Crippen LogP contribution < -0.4 is 5.32 Å². The smallest absolute Gasteiger partial charge is 0.293 e. The number of carbonyl (C=O) groups excluding carboxylic acids is 3. The fourth-order valence-corrected chi connectivity index (χ4v) is 4.56. The highest BCUT2D eigenvalue weighted by Gasteiger charge is 2.35. The van der Waals surface area contributed by atoms with Crippen LogP contribution in [0.5, 0.6) is 0 Å². The number of halogens is 1. The second kappa shape index (κ2) is 8.95. The predicted octanol–water partition coefficient (Wildman–Crippen LogP) is 5.39. The SMILES string of the molecule is O=C(Nc1nccs1)c1ccc(CN2C(=O)S/C(=C\c3cccc(Br)c3)C2=O)cc1. The van der Waals surface area contributed by atoms with E-state index in [1.54, 1.807) is 41.9 Å². The fraction of sp³-hybridized carbons (Fsp3) is 0.0476. The van der Waals surface area contributed by atoms with Gasteiger partial charge in [-0.3, -0.25) is 24.6 Å². The molecule has 3 aromatic rings. The van der Waals surface area contributed by atoms with Crippen molar-refractivity contribution in [1.29, 1.82) is 0 Å². The van der Waals surface area contributed by atoms with Crippen molar-refractivity contribution >= 4 is 67.3 Å². The van der Waals surface area contributed by atoms with E-state index in [1.807, 2.05) is 24.3 Å². The van der Waals surface area contributed by atoms with Gasteiger partial charge >= 0.3 is 0 Å². The van der Waals surface area contributed by atoms with Crippen molar-refractivity contribution < 1.29 is 14.4 Å². The highest BCUT2D eigenvalue weighted by molar-refractivity contribution is 9.10. The van der Waals surface area contributed by atoms with Crippen LogP contribution in [0.4, 0.5) is 9.93 Å². The van der Waals surface area contributed by atoms with Gasteiger partial charge in [0.05, 0.1) is 11.4 Å². The number of nitrogens with one attached hydrogen (secondary N) is 1. The lowest BCUT2D eigenvalue weighted by atomic mass is 10.1. The Morgan fingerprint density at radius 1 is 1.17 bits per heavy atom. The highest BCUT2D eigenvalue weighted by Crippen LogP contribution is 2.33. The number of rotatable bonds is 5. The van der Waals surface area contributed by atoms with E-state index in [-0.39, 0.29) is 23.6 Å². The first kappa shape index (κ1) is 20.5. The molecule has 1 N–H and O–H groups in total. The summed E-state index contributed by atoms with van der Waals surface area (Å²) in [5.41, 5.74) is 2.06. The summed E-state index contributed by atoms with van der Waals surface area (Å²) in [6.07, 6.45) is 3.33. The van der Waals surface area contributed by atoms with Gasteiger partial charge in [-0.15, -0.1) is 11.3 Å². The summed E-state index contributed by atoms with van der Waals surface area (Å²) in [5.74, 6) is -0.588. The summed E-state index contributed by atoms with van der Waals surface area (Å²) in [5, 5.41) is 4.71. The van der Waals surface area contributed by atoms with Gasteiger partial charge in [0.2, 0.25) is 0 Å². The van der Waals surface area contributed by atoms with Gasteiger partial charge in [-0.05, 0) is 53.2 Å². The number of aromatic nitrogens is 1. The lowest BCUT2D eigenvalue weighted by Gasteiger charge is -2.12. The van der Waals surface area contributed by atoms with Crippen molar-refractivity contribution in [2.45, 2.75) is 6.54 Å². The van der Waals surface area contributed by atoms with Crippen molar-refractivity contribution in [2.75, 3.05) is 5.32 Å². The molecule has 3 amide bonds. The molecule has 30 heavy (non-hydrogen) atoms. The molecule has 2 heterocycles. The van der Waals surface area contributed by atoms with Crippen molar-refractivity contribution in [3.05, 3.63) is 86.2 Å². The molecular weight excluding hydrogens is 486 g/mol. The van der Waals surface area contributed by atoms with Crippen molar-refractivity contribution in [2.24, 2.45) is 0 Å². The number of amides is 3. The van der Waals surface area contributed by atoms with Crippen molar-refractivity contribution in [3.8, 4) is 0 Å². The van der Waals surface area contributed by atoms with Gasteiger partial charge in [0.15, 0.2) is 5.13 Å². The van der Waals surface area contributed by atoms with Crippen LogP contribution in [0.15, 0.2) is 69.5 Å². The minimum atomic E-state index is -0.324. The summed E-state index contributed by atoms with van der Waals surface area (Å²) in [6, 6.07) is 14.3. The Bertz CT molecular complexity index is 1140. The molecule has 1 aliphatic heterocycles. The van der Waals surface area contributed by atoms with Crippen molar-refractivity contribution in [1.82, 2.24) is 9.88 Å². The second-order valence-electron chi connectivity index (χ2n) is 6.31. The van der Waals surface area contributed by atoms with Crippen LogP contribution in [0.25, 0.3) is 6.08 Å². The van der Waals surface area contributed by atoms with E-state index in [2.05, 4.69) is 26.2 Å². The number of hydrogen-bond acceptors (Lipinski definition) is 6. The van der Waals surface area contributed by atoms with Crippen LogP contribution in [0.2, 0.25) is 0 Å². The molecule has 0 saturated carbocycles. The second-order valence-corrected chi connectivity index (χ2v) is 9.11. The standard InChI is InChI=1S/C21H14BrN3O3S2/c22-16-3-1-2-14(10-16)11-17-19(27)25(21(28)30-17)12-13-4-6-15(7-5-13)18(26)24-20-23-8-9-29-20/h1-11H,12H2,(H,23,24,26)/b17-11-. The maximum atomic E-state index is 12.7. The number of benzene rings is 2. The molecule has 0 atom stereocenters. The number of hydrogen-bond donors (Lipinski definition) is 1. The Hall–Kier alpha value is -2.75. The first-order valence-electron chi connectivity index (χ1n) is 8.80. The van der Waals surface area contributed by atoms with E-state index in [0.29, 0.717) is 15.6 Å². The Kier molecular flexibility index (Phi) is 6.12. The Balaban J connectivity index is 1.44. The number of thioether (sulfide) groups is 1. The molecule has 6 nitrogen and oxygen atoms in total. The minimum absolute atomic E-state index is 0.148. The summed E-state index contributed by atoms with van der Waals surface area (Å²) in [7, 11) is 0. The van der Waals surface area contributed by atoms with E-state index in [9.17, 15) is 14.4 Å². The minimum Gasteiger partial charge on any atom is -0.298 e. The van der Waals surface area contributed by atoms with Crippen LogP contribution in [-0.2, 0) is 11.3 Å². The lowest BCUT2D eigenvalue weighted by molar-refractivity contribution is -0.123. The number of thiazole rings is 1. The number of nitrogens with zero attached hydrogens (tertiary/aromatic N) is 2. The molecule has 1 aromatic heterocycles. The number of imide groups is 1. The van der Waals surface area contributed by atoms with Gasteiger partial charge in [0, 0.05) is 21.6 Å². The zero-order chi connectivity index (χ0) is 21.1. The highest BCUT2D eigenvalue weighted by atomic mass is 79.9. The van der Waals surface area contributed by atoms with E-state index in [1.165, 1.54) is 16.2 Å². The van der Waals surface area contributed by atoms with Gasteiger partial charge < -0.3 is 0 Å². The molecule has 0 radical (unpaired) electrons. The third-order valence-corrected chi connectivity index (χ3v) is 6.32. The zero-order valence-electron chi connectivity index (χ0n) is 15.4. The maximum absolute atomic E-state index is 12.7. The first-order chi connectivity index (χ1) is 14.5. The van der Waals surface area contributed by atoms with Crippen LogP contribution in [0.1, 0.15) is 21.5 Å². The van der Waals surface area contributed by atoms with Crippen LogP contribution in [-0.4, -0.2) is 26.9 Å². The topological polar surface area (TPSA) is 79.4 Å². The van der Waals surface area contributed by atoms with E-state index < -0.39 is 0 Å². The largest absolute Gasteiger partial charge is 0.298 e. The van der Waals surface area contributed by atoms with E-state index >= 15 is 0 Å². The van der Waals surface area contributed by atoms with E-state index in [4.69, 9.17) is 0 Å². The average Bonchev–Trinajstić information content (AvgIpc) is 3.32. The first-order valence-corrected chi connectivity index (χ1v) is 11.3. The Morgan fingerprint density at radius 2 is 1.97 bits per heavy atom. The average molecular weight is 500 g/mol. The molecule has 0 bridgehead atoms. The zero-order valence-corrected chi connectivity index (χ0v) is 18.6. The molecule has 1 saturated heterocycles. The third-order valence-electron chi connectivity index (χ3n) is 4.23. The molecule has 9 heteroatoms. The van der Waals surface area contributed by atoms with Gasteiger partial charge in [0.25, 0.3) is 17.1 Å². The lowest BCUT2D eigenvalue weighted by Crippen LogP contribution is -2.27. The van der Waals surface area contributed by atoms with Gasteiger partial charge in [-0.2, -0.15) is 0 Å². The van der Waals surface area contributed by atoms with Gasteiger partial charge in [0.1, 0.15) is 0 Å². The normalized spacial score (nSPS) is 15.1. The maximum Gasteiger partial charge on any atom is 0.293 e. The molecule has 0 unspecified atom stereocenters. The number of anilines is 1. The molecule has 4 rings (SSSR count). The molecule has 0 aliphatic carbocycles. The monoisotopic (exact) mass is 499 g/mol. The van der Waals surface area contributed by atoms with Crippen molar-refractivity contribution in [3.63, 3.8) is 0 Å². The van der Waals surface area contributed by atoms with Crippen LogP contribution in [0, 0.1) is 0 Å². The van der Waals surface area contributed by atoms with E-state index in [0.717, 1.165) is 27.4 Å². The summed E-state index contributed by atoms with van der Waals surface area (Å²) in [6.45, 7) is 0.148. The predicted molar refractivity (Wildman–Crippen MR) is 122 cm³/mol. The molecule has 0 spiro atoms. The Labute approximate surface area is 189 Å². The fourth-order valence-electron chi connectivity index (χ4n) is 2.78. The Morgan fingerprint density at radius 3 is 2.67 bits per heavy atom. The van der Waals surface area contributed by atoms with Gasteiger partial charge in [-0.25, -0.2) is 4.98 Å². The quantitative estimate of drug-likeness (QED) is 0.475.